The monoisotopic (exact) mass is 435 g/mol. The highest BCUT2D eigenvalue weighted by molar-refractivity contribution is 7.89. The fourth-order valence-corrected chi connectivity index (χ4v) is 4.68. The van der Waals surface area contributed by atoms with Crippen LogP contribution in [0.5, 0.6) is 0 Å². The first kappa shape index (κ1) is 23.8. The van der Waals surface area contributed by atoms with Crippen molar-refractivity contribution in [2.75, 3.05) is 33.3 Å². The van der Waals surface area contributed by atoms with E-state index in [1.54, 1.807) is 19.2 Å². The van der Waals surface area contributed by atoms with E-state index in [4.69, 9.17) is 10.00 Å². The fourth-order valence-electron chi connectivity index (χ4n) is 3.21. The van der Waals surface area contributed by atoms with E-state index in [2.05, 4.69) is 0 Å². The second-order valence-electron chi connectivity index (χ2n) is 7.73. The first-order chi connectivity index (χ1) is 14.2. The highest BCUT2D eigenvalue weighted by atomic mass is 32.2. The Labute approximate surface area is 178 Å². The summed E-state index contributed by atoms with van der Waals surface area (Å²) in [5.74, 6) is -0.975. The molecule has 1 aliphatic rings. The van der Waals surface area contributed by atoms with E-state index >= 15 is 0 Å². The second kappa shape index (κ2) is 10.5. The summed E-state index contributed by atoms with van der Waals surface area (Å²) in [6.45, 7) is 4.45. The first-order valence-corrected chi connectivity index (χ1v) is 11.5. The van der Waals surface area contributed by atoms with Gasteiger partial charge in [0.2, 0.25) is 10.0 Å². The summed E-state index contributed by atoms with van der Waals surface area (Å²) in [7, 11) is -2.06. The lowest BCUT2D eigenvalue weighted by Gasteiger charge is -2.30. The Morgan fingerprint density at radius 2 is 1.83 bits per heavy atom. The Bertz CT molecular complexity index is 882. The number of nitriles is 1. The lowest BCUT2D eigenvalue weighted by atomic mass is 9.98. The van der Waals surface area contributed by atoms with E-state index in [9.17, 15) is 18.0 Å². The van der Waals surface area contributed by atoms with Gasteiger partial charge in [-0.2, -0.15) is 9.57 Å². The normalized spacial score (nSPS) is 15.6. The number of sulfonamides is 1. The molecule has 0 aromatic heterocycles. The molecule has 0 unspecified atom stereocenters. The third-order valence-electron chi connectivity index (χ3n) is 5.29. The molecule has 1 amide bonds. The number of rotatable bonds is 8. The van der Waals surface area contributed by atoms with Crippen LogP contribution in [0.1, 0.15) is 44.6 Å². The van der Waals surface area contributed by atoms with Crippen molar-refractivity contribution in [2.24, 2.45) is 5.92 Å². The van der Waals surface area contributed by atoms with Crippen LogP contribution < -0.4 is 0 Å². The maximum atomic E-state index is 12.9. The minimum Gasteiger partial charge on any atom is -0.455 e. The van der Waals surface area contributed by atoms with Crippen LogP contribution in [0.3, 0.4) is 0 Å². The molecular weight excluding hydrogens is 406 g/mol. The van der Waals surface area contributed by atoms with Crippen LogP contribution >= 0.6 is 0 Å². The van der Waals surface area contributed by atoms with Gasteiger partial charge in [0.25, 0.3) is 5.91 Å². The van der Waals surface area contributed by atoms with Crippen LogP contribution in [0.4, 0.5) is 0 Å². The van der Waals surface area contributed by atoms with E-state index in [1.807, 2.05) is 32.0 Å². The largest absolute Gasteiger partial charge is 0.455 e. The van der Waals surface area contributed by atoms with Crippen LogP contribution in [0.2, 0.25) is 0 Å². The first-order valence-electron chi connectivity index (χ1n) is 10.0. The summed E-state index contributed by atoms with van der Waals surface area (Å²) < 4.78 is 32.2. The number of nitrogens with zero attached hydrogens (tertiary/aromatic N) is 3. The Balaban J connectivity index is 1.87. The number of likely N-dealkylation sites (N-methyl/N-ethyl adjacent to an activating group) is 1. The van der Waals surface area contributed by atoms with E-state index in [0.717, 1.165) is 5.56 Å². The average Bonchev–Trinajstić information content (AvgIpc) is 2.75. The molecule has 0 N–H and O–H groups in total. The SMILES string of the molecule is CC(C)c1ccc(S(=O)(=O)N2CCC(C(=O)OCC(=O)N(C)CCC#N)CC2)cc1. The van der Waals surface area contributed by atoms with Gasteiger partial charge in [0.15, 0.2) is 6.61 Å². The van der Waals surface area contributed by atoms with Gasteiger partial charge in [0.1, 0.15) is 0 Å². The maximum absolute atomic E-state index is 12.9. The molecule has 1 aromatic carbocycles. The number of carbonyl (C=O) groups excluding carboxylic acids is 2. The zero-order valence-corrected chi connectivity index (χ0v) is 18.5. The third-order valence-corrected chi connectivity index (χ3v) is 7.21. The Morgan fingerprint density at radius 1 is 1.23 bits per heavy atom. The van der Waals surface area contributed by atoms with E-state index < -0.39 is 21.9 Å². The molecule has 9 heteroatoms. The van der Waals surface area contributed by atoms with Gasteiger partial charge in [0, 0.05) is 26.7 Å². The van der Waals surface area contributed by atoms with Crippen molar-refractivity contribution in [3.63, 3.8) is 0 Å². The molecule has 1 aromatic rings. The van der Waals surface area contributed by atoms with Gasteiger partial charge >= 0.3 is 5.97 Å². The number of hydrogen-bond donors (Lipinski definition) is 0. The molecule has 1 heterocycles. The average molecular weight is 436 g/mol. The summed E-state index contributed by atoms with van der Waals surface area (Å²) in [6, 6.07) is 8.85. The van der Waals surface area contributed by atoms with Crippen LogP contribution in [-0.4, -0.2) is 62.8 Å². The molecule has 0 spiro atoms. The molecule has 2 rings (SSSR count). The van der Waals surface area contributed by atoms with Crippen LogP contribution in [0.25, 0.3) is 0 Å². The predicted octanol–water partition coefficient (Wildman–Crippen LogP) is 2.13. The zero-order chi connectivity index (χ0) is 22.3. The Kier molecular flexibility index (Phi) is 8.38. The van der Waals surface area contributed by atoms with E-state index in [1.165, 1.54) is 9.21 Å². The van der Waals surface area contributed by atoms with Gasteiger partial charge in [-0.3, -0.25) is 9.59 Å². The summed E-state index contributed by atoms with van der Waals surface area (Å²) in [5.41, 5.74) is 1.07. The lowest BCUT2D eigenvalue weighted by Crippen LogP contribution is -2.41. The zero-order valence-electron chi connectivity index (χ0n) is 17.7. The van der Waals surface area contributed by atoms with Gasteiger partial charge in [-0.1, -0.05) is 26.0 Å². The number of esters is 1. The third kappa shape index (κ3) is 6.03. The van der Waals surface area contributed by atoms with Crippen molar-refractivity contribution < 1.29 is 22.7 Å². The minimum absolute atomic E-state index is 0.212. The van der Waals surface area contributed by atoms with Crippen LogP contribution in [-0.2, 0) is 24.3 Å². The minimum atomic E-state index is -3.61. The topological polar surface area (TPSA) is 108 Å². The molecule has 30 heavy (non-hydrogen) atoms. The number of amides is 1. The van der Waals surface area contributed by atoms with Gasteiger partial charge in [-0.25, -0.2) is 8.42 Å². The summed E-state index contributed by atoms with van der Waals surface area (Å²) in [5, 5.41) is 8.55. The lowest BCUT2D eigenvalue weighted by molar-refractivity contribution is -0.156. The van der Waals surface area contributed by atoms with E-state index in [0.29, 0.717) is 18.8 Å². The highest BCUT2D eigenvalue weighted by Crippen LogP contribution is 2.25. The van der Waals surface area contributed by atoms with Gasteiger partial charge < -0.3 is 9.64 Å². The van der Waals surface area contributed by atoms with Crippen molar-refractivity contribution >= 4 is 21.9 Å². The number of carbonyl (C=O) groups is 2. The number of ether oxygens (including phenoxy) is 1. The van der Waals surface area contributed by atoms with Crippen molar-refractivity contribution in [1.29, 1.82) is 5.26 Å². The Morgan fingerprint density at radius 3 is 2.37 bits per heavy atom. The molecule has 0 aliphatic carbocycles. The number of benzene rings is 1. The molecule has 0 bridgehead atoms. The molecule has 164 valence electrons. The maximum Gasteiger partial charge on any atom is 0.309 e. The molecule has 1 aliphatic heterocycles. The van der Waals surface area contributed by atoms with Crippen molar-refractivity contribution in [2.45, 2.75) is 43.9 Å². The predicted molar refractivity (Wildman–Crippen MR) is 111 cm³/mol. The Hall–Kier alpha value is -2.44. The molecule has 0 saturated carbocycles. The number of hydrogen-bond acceptors (Lipinski definition) is 6. The fraction of sp³-hybridized carbons (Fsp3) is 0.571. The molecule has 0 radical (unpaired) electrons. The van der Waals surface area contributed by atoms with Crippen molar-refractivity contribution in [3.8, 4) is 6.07 Å². The van der Waals surface area contributed by atoms with Crippen molar-refractivity contribution in [3.05, 3.63) is 29.8 Å². The molecule has 0 atom stereocenters. The summed E-state index contributed by atoms with van der Waals surface area (Å²) >= 11 is 0. The van der Waals surface area contributed by atoms with Gasteiger partial charge in [-0.15, -0.1) is 0 Å². The molecule has 1 saturated heterocycles. The summed E-state index contributed by atoms with van der Waals surface area (Å²) in [6.07, 6.45) is 0.907. The number of piperidine rings is 1. The van der Waals surface area contributed by atoms with Crippen molar-refractivity contribution in [1.82, 2.24) is 9.21 Å². The summed E-state index contributed by atoms with van der Waals surface area (Å²) in [4.78, 5) is 25.7. The van der Waals surface area contributed by atoms with Crippen LogP contribution in [0.15, 0.2) is 29.2 Å². The second-order valence-corrected chi connectivity index (χ2v) is 9.67. The molecule has 8 nitrogen and oxygen atoms in total. The molecular formula is C21H29N3O5S. The van der Waals surface area contributed by atoms with Gasteiger partial charge in [0.05, 0.1) is 23.3 Å². The van der Waals surface area contributed by atoms with E-state index in [-0.39, 0.29) is 43.5 Å². The van der Waals surface area contributed by atoms with Crippen LogP contribution in [0, 0.1) is 17.2 Å². The molecule has 1 fully saturated rings. The van der Waals surface area contributed by atoms with Gasteiger partial charge in [-0.05, 0) is 36.5 Å². The highest BCUT2D eigenvalue weighted by Gasteiger charge is 2.33. The standard InChI is InChI=1S/C21H29N3O5S/c1-16(2)17-5-7-19(8-6-17)30(27,28)24-13-9-18(10-14-24)21(26)29-15-20(25)23(3)12-4-11-22/h5-8,16,18H,4,9-10,12-15H2,1-3H3. The smallest absolute Gasteiger partial charge is 0.309 e. The quantitative estimate of drug-likeness (QED) is 0.579.